The van der Waals surface area contributed by atoms with Crippen LogP contribution in [-0.4, -0.2) is 18.2 Å². The van der Waals surface area contributed by atoms with E-state index in [1.54, 1.807) is 6.07 Å². The number of sulfonamides is 1. The van der Waals surface area contributed by atoms with Crippen molar-refractivity contribution in [1.29, 1.82) is 0 Å². The van der Waals surface area contributed by atoms with Crippen LogP contribution >= 0.6 is 11.6 Å². The summed E-state index contributed by atoms with van der Waals surface area (Å²) in [5.41, 5.74) is 0.612. The van der Waals surface area contributed by atoms with Gasteiger partial charge in [-0.1, -0.05) is 17.7 Å². The minimum absolute atomic E-state index is 0.0319. The van der Waals surface area contributed by atoms with Crippen molar-refractivity contribution in [2.75, 3.05) is 0 Å². The molecule has 0 unspecified atom stereocenters. The first-order valence-corrected chi connectivity index (χ1v) is 6.78. The Morgan fingerprint density at radius 1 is 1.44 bits per heavy atom. The van der Waals surface area contributed by atoms with E-state index < -0.39 is 15.8 Å². The molecule has 0 spiro atoms. The van der Waals surface area contributed by atoms with E-state index in [2.05, 4.69) is 5.10 Å². The van der Waals surface area contributed by atoms with E-state index in [9.17, 15) is 12.8 Å². The molecule has 0 saturated heterocycles. The van der Waals surface area contributed by atoms with Crippen LogP contribution in [0.1, 0.15) is 5.56 Å². The molecule has 0 radical (unpaired) electrons. The predicted octanol–water partition coefficient (Wildman–Crippen LogP) is 1.37. The molecule has 2 rings (SSSR count). The number of primary sulfonamides is 1. The first kappa shape index (κ1) is 13.0. The van der Waals surface area contributed by atoms with Crippen LogP contribution in [0.15, 0.2) is 35.5 Å². The van der Waals surface area contributed by atoms with Gasteiger partial charge in [-0.2, -0.15) is 5.10 Å². The van der Waals surface area contributed by atoms with Crippen molar-refractivity contribution in [1.82, 2.24) is 9.78 Å². The molecule has 2 aromatic rings. The van der Waals surface area contributed by atoms with Crippen molar-refractivity contribution >= 4 is 21.6 Å². The van der Waals surface area contributed by atoms with E-state index in [0.29, 0.717) is 5.56 Å². The first-order valence-electron chi connectivity index (χ1n) is 4.85. The highest BCUT2D eigenvalue weighted by molar-refractivity contribution is 7.89. The molecule has 0 aliphatic heterocycles. The highest BCUT2D eigenvalue weighted by Gasteiger charge is 2.11. The van der Waals surface area contributed by atoms with Crippen LogP contribution in [0.3, 0.4) is 0 Å². The Balaban J connectivity index is 2.24. The average molecular weight is 290 g/mol. The van der Waals surface area contributed by atoms with E-state index >= 15 is 0 Å². The Morgan fingerprint density at radius 3 is 2.72 bits per heavy atom. The van der Waals surface area contributed by atoms with Gasteiger partial charge in [0, 0.05) is 6.20 Å². The molecule has 18 heavy (non-hydrogen) atoms. The lowest BCUT2D eigenvalue weighted by atomic mass is 10.2. The number of nitrogens with zero attached hydrogens (tertiary/aromatic N) is 2. The van der Waals surface area contributed by atoms with Gasteiger partial charge in [0.05, 0.1) is 17.8 Å². The Bertz CT molecular complexity index is 684. The Labute approximate surface area is 108 Å². The van der Waals surface area contributed by atoms with E-state index in [-0.39, 0.29) is 16.5 Å². The van der Waals surface area contributed by atoms with Crippen molar-refractivity contribution in [2.45, 2.75) is 11.4 Å². The summed E-state index contributed by atoms with van der Waals surface area (Å²) in [5, 5.41) is 8.81. The molecule has 8 heteroatoms. The highest BCUT2D eigenvalue weighted by atomic mass is 35.5. The SMILES string of the molecule is NS(=O)(=O)c1cnn(Cc2ccc(Cl)c(F)c2)c1. The number of nitrogens with two attached hydrogens (primary N) is 1. The smallest absolute Gasteiger partial charge is 0.241 e. The van der Waals surface area contributed by atoms with Gasteiger partial charge < -0.3 is 0 Å². The zero-order valence-corrected chi connectivity index (χ0v) is 10.6. The lowest BCUT2D eigenvalue weighted by Gasteiger charge is -2.02. The summed E-state index contributed by atoms with van der Waals surface area (Å²) in [6.07, 6.45) is 2.42. The summed E-state index contributed by atoms with van der Waals surface area (Å²) in [7, 11) is -3.77. The highest BCUT2D eigenvalue weighted by Crippen LogP contribution is 2.16. The second-order valence-electron chi connectivity index (χ2n) is 3.67. The van der Waals surface area contributed by atoms with Gasteiger partial charge in [-0.25, -0.2) is 17.9 Å². The van der Waals surface area contributed by atoms with Crippen LogP contribution in [0.5, 0.6) is 0 Å². The zero-order chi connectivity index (χ0) is 13.3. The van der Waals surface area contributed by atoms with Crippen LogP contribution in [-0.2, 0) is 16.6 Å². The Morgan fingerprint density at radius 2 is 2.17 bits per heavy atom. The lowest BCUT2D eigenvalue weighted by Crippen LogP contribution is -2.11. The molecule has 1 aromatic carbocycles. The number of benzene rings is 1. The molecule has 0 atom stereocenters. The molecular formula is C10H9ClFN3O2S. The molecular weight excluding hydrogens is 281 g/mol. The van der Waals surface area contributed by atoms with Crippen LogP contribution in [0, 0.1) is 5.82 Å². The van der Waals surface area contributed by atoms with Gasteiger partial charge in [0.1, 0.15) is 10.7 Å². The number of hydrogen-bond donors (Lipinski definition) is 1. The molecule has 2 N–H and O–H groups in total. The maximum absolute atomic E-state index is 13.2. The minimum Gasteiger partial charge on any atom is -0.267 e. The predicted molar refractivity (Wildman–Crippen MR) is 64.1 cm³/mol. The summed E-state index contributed by atoms with van der Waals surface area (Å²) >= 11 is 5.55. The number of hydrogen-bond acceptors (Lipinski definition) is 3. The van der Waals surface area contributed by atoms with Crippen molar-refractivity contribution in [2.24, 2.45) is 5.14 Å². The maximum atomic E-state index is 13.2. The van der Waals surface area contributed by atoms with Gasteiger partial charge in [0.15, 0.2) is 0 Å². The molecule has 0 saturated carbocycles. The molecule has 5 nitrogen and oxygen atoms in total. The molecule has 1 aromatic heterocycles. The molecule has 0 bridgehead atoms. The lowest BCUT2D eigenvalue weighted by molar-refractivity contribution is 0.597. The van der Waals surface area contributed by atoms with Crippen molar-refractivity contribution in [3.05, 3.63) is 47.0 Å². The Kier molecular flexibility index (Phi) is 3.38. The summed E-state index contributed by atoms with van der Waals surface area (Å²) in [6.45, 7) is 0.226. The molecule has 96 valence electrons. The minimum atomic E-state index is -3.77. The van der Waals surface area contributed by atoms with E-state index in [1.165, 1.54) is 23.0 Å². The molecule has 1 heterocycles. The van der Waals surface area contributed by atoms with E-state index in [1.807, 2.05) is 0 Å². The zero-order valence-electron chi connectivity index (χ0n) is 9.05. The molecule has 0 aliphatic carbocycles. The van der Waals surface area contributed by atoms with Crippen LogP contribution in [0.4, 0.5) is 4.39 Å². The largest absolute Gasteiger partial charge is 0.267 e. The Hall–Kier alpha value is -1.44. The number of rotatable bonds is 3. The van der Waals surface area contributed by atoms with Crippen molar-refractivity contribution in [3.8, 4) is 0 Å². The van der Waals surface area contributed by atoms with Crippen molar-refractivity contribution in [3.63, 3.8) is 0 Å². The quantitative estimate of drug-likeness (QED) is 0.927. The standard InChI is InChI=1S/C10H9ClFN3O2S/c11-9-2-1-7(3-10(9)12)5-15-6-8(4-14-15)18(13,16)17/h1-4,6H,5H2,(H2,13,16,17). The molecule has 0 fully saturated rings. The van der Waals surface area contributed by atoms with E-state index in [4.69, 9.17) is 16.7 Å². The van der Waals surface area contributed by atoms with E-state index in [0.717, 1.165) is 6.20 Å². The van der Waals surface area contributed by atoms with Crippen LogP contribution in [0.2, 0.25) is 5.02 Å². The fraction of sp³-hybridized carbons (Fsp3) is 0.100. The van der Waals surface area contributed by atoms with Gasteiger partial charge in [0.25, 0.3) is 0 Å². The monoisotopic (exact) mass is 289 g/mol. The van der Waals surface area contributed by atoms with Crippen LogP contribution < -0.4 is 5.14 Å². The second kappa shape index (κ2) is 4.68. The van der Waals surface area contributed by atoms with Gasteiger partial charge in [-0.3, -0.25) is 4.68 Å². The third-order valence-electron chi connectivity index (χ3n) is 2.27. The fourth-order valence-corrected chi connectivity index (χ4v) is 1.98. The third kappa shape index (κ3) is 2.87. The summed E-state index contributed by atoms with van der Waals surface area (Å²) < 4.78 is 36.6. The number of halogens is 2. The summed E-state index contributed by atoms with van der Waals surface area (Å²) in [6, 6.07) is 4.32. The maximum Gasteiger partial charge on any atom is 0.241 e. The van der Waals surface area contributed by atoms with Gasteiger partial charge in [0.2, 0.25) is 10.0 Å². The normalized spacial score (nSPS) is 11.7. The van der Waals surface area contributed by atoms with Gasteiger partial charge in [-0.05, 0) is 17.7 Å². The van der Waals surface area contributed by atoms with Crippen LogP contribution in [0.25, 0.3) is 0 Å². The van der Waals surface area contributed by atoms with Gasteiger partial charge >= 0.3 is 0 Å². The van der Waals surface area contributed by atoms with Gasteiger partial charge in [-0.15, -0.1) is 0 Å². The van der Waals surface area contributed by atoms with Crippen molar-refractivity contribution < 1.29 is 12.8 Å². The summed E-state index contributed by atoms with van der Waals surface area (Å²) in [5.74, 6) is -0.534. The average Bonchev–Trinajstić information content (AvgIpc) is 2.72. The molecule has 0 aliphatic rings. The second-order valence-corrected chi connectivity index (χ2v) is 5.64. The topological polar surface area (TPSA) is 78.0 Å². The summed E-state index contributed by atoms with van der Waals surface area (Å²) in [4.78, 5) is -0.0862. The first-order chi connectivity index (χ1) is 8.36. The third-order valence-corrected chi connectivity index (χ3v) is 3.44. The molecule has 0 amide bonds. The fourth-order valence-electron chi connectivity index (χ4n) is 1.40. The number of aromatic nitrogens is 2.